The number of carbonyl (C=O) groups is 2. The minimum Gasteiger partial charge on any atom is -0.321 e. The molecule has 0 saturated heterocycles. The molecule has 28 heavy (non-hydrogen) atoms. The lowest BCUT2D eigenvalue weighted by molar-refractivity contribution is -0.885. The number of hydrogen-bond donors (Lipinski definition) is 3. The molecular weight excluding hydrogens is 357 g/mol. The van der Waals surface area contributed by atoms with Crippen molar-refractivity contribution in [2.75, 3.05) is 24.2 Å². The quantitative estimate of drug-likeness (QED) is 0.653. The molecule has 0 aliphatic rings. The molecule has 0 aliphatic carbocycles. The van der Waals surface area contributed by atoms with Gasteiger partial charge in [0.1, 0.15) is 5.82 Å². The van der Waals surface area contributed by atoms with Crippen molar-refractivity contribution in [1.82, 2.24) is 0 Å². The first-order chi connectivity index (χ1) is 13.3. The zero-order chi connectivity index (χ0) is 20.7. The lowest BCUT2D eigenvalue weighted by Gasteiger charge is -2.22. The molecule has 1 unspecified atom stereocenters. The predicted octanol–water partition coefficient (Wildman–Crippen LogP) is 2.82. The van der Waals surface area contributed by atoms with Crippen LogP contribution in [0.2, 0.25) is 0 Å². The van der Waals surface area contributed by atoms with Crippen molar-refractivity contribution >= 4 is 23.2 Å². The maximum Gasteiger partial charge on any atom is 0.282 e. The van der Waals surface area contributed by atoms with E-state index in [9.17, 15) is 14.0 Å². The standard InChI is InChI=1S/C22H28FN3O2/c1-5-15(2)19-11-6-7-12-20(19)25-22(28)16(3)26(4)14-21(27)24-18-10-8-9-17(23)13-18/h6-13,15-16H,5,14H2,1-4H3,(H,24,27)(H,25,28)/p+1/t15-,16+/m0/s1. The smallest absolute Gasteiger partial charge is 0.282 e. The molecule has 0 saturated carbocycles. The van der Waals surface area contributed by atoms with Gasteiger partial charge in [-0.1, -0.05) is 38.1 Å². The minimum absolute atomic E-state index is 0.0953. The Bertz CT molecular complexity index is 825. The van der Waals surface area contributed by atoms with Crippen molar-refractivity contribution in [1.29, 1.82) is 0 Å². The van der Waals surface area contributed by atoms with Gasteiger partial charge in [-0.15, -0.1) is 0 Å². The highest BCUT2D eigenvalue weighted by molar-refractivity contribution is 5.95. The van der Waals surface area contributed by atoms with Crippen LogP contribution in [0.4, 0.5) is 15.8 Å². The molecule has 0 bridgehead atoms. The molecule has 0 aromatic heterocycles. The average molecular weight is 386 g/mol. The van der Waals surface area contributed by atoms with Crippen LogP contribution < -0.4 is 15.5 Å². The van der Waals surface area contributed by atoms with E-state index in [2.05, 4.69) is 24.5 Å². The highest BCUT2D eigenvalue weighted by atomic mass is 19.1. The first kappa shape index (κ1) is 21.6. The number of anilines is 2. The van der Waals surface area contributed by atoms with E-state index in [1.54, 1.807) is 20.0 Å². The highest BCUT2D eigenvalue weighted by Gasteiger charge is 2.25. The summed E-state index contributed by atoms with van der Waals surface area (Å²) in [6.45, 7) is 6.12. The second-order valence-corrected chi connectivity index (χ2v) is 7.19. The number of likely N-dealkylation sites (N-methyl/N-ethyl adjacent to an activating group) is 1. The second-order valence-electron chi connectivity index (χ2n) is 7.19. The summed E-state index contributed by atoms with van der Waals surface area (Å²) >= 11 is 0. The van der Waals surface area contributed by atoms with Crippen LogP contribution in [0.15, 0.2) is 48.5 Å². The Hall–Kier alpha value is -2.73. The monoisotopic (exact) mass is 386 g/mol. The van der Waals surface area contributed by atoms with Crippen LogP contribution in [-0.4, -0.2) is 31.4 Å². The lowest BCUT2D eigenvalue weighted by atomic mass is 9.97. The number of benzene rings is 2. The van der Waals surface area contributed by atoms with E-state index in [1.165, 1.54) is 18.2 Å². The third kappa shape index (κ3) is 5.89. The van der Waals surface area contributed by atoms with Crippen LogP contribution >= 0.6 is 0 Å². The molecule has 2 aromatic rings. The number of carbonyl (C=O) groups excluding carboxylic acids is 2. The number of halogens is 1. The molecule has 3 N–H and O–H groups in total. The number of amides is 2. The normalized spacial score (nSPS) is 14.0. The van der Waals surface area contributed by atoms with Gasteiger partial charge in [-0.3, -0.25) is 9.59 Å². The van der Waals surface area contributed by atoms with Crippen LogP contribution in [0, 0.1) is 5.82 Å². The molecule has 2 amide bonds. The number of para-hydroxylation sites is 1. The molecule has 3 atom stereocenters. The minimum atomic E-state index is -0.428. The second kappa shape index (κ2) is 9.99. The summed E-state index contributed by atoms with van der Waals surface area (Å²) in [5.41, 5.74) is 2.31. The van der Waals surface area contributed by atoms with E-state index >= 15 is 0 Å². The zero-order valence-electron chi connectivity index (χ0n) is 16.9. The van der Waals surface area contributed by atoms with Crippen LogP contribution in [0.25, 0.3) is 0 Å². The predicted molar refractivity (Wildman–Crippen MR) is 110 cm³/mol. The van der Waals surface area contributed by atoms with Crippen LogP contribution in [0.5, 0.6) is 0 Å². The summed E-state index contributed by atoms with van der Waals surface area (Å²) in [5, 5.41) is 5.65. The van der Waals surface area contributed by atoms with Crippen molar-refractivity contribution < 1.29 is 18.9 Å². The van der Waals surface area contributed by atoms with Gasteiger partial charge < -0.3 is 15.5 Å². The van der Waals surface area contributed by atoms with Gasteiger partial charge in [0.15, 0.2) is 12.6 Å². The van der Waals surface area contributed by atoms with Gasteiger partial charge in [-0.2, -0.15) is 0 Å². The van der Waals surface area contributed by atoms with Crippen molar-refractivity contribution in [2.24, 2.45) is 0 Å². The Kier molecular flexibility index (Phi) is 7.70. The molecule has 5 nitrogen and oxygen atoms in total. The summed E-state index contributed by atoms with van der Waals surface area (Å²) in [7, 11) is 1.79. The molecule has 2 rings (SSSR count). The average Bonchev–Trinajstić information content (AvgIpc) is 2.67. The van der Waals surface area contributed by atoms with Crippen molar-refractivity contribution in [3.8, 4) is 0 Å². The van der Waals surface area contributed by atoms with Gasteiger partial charge in [-0.05, 0) is 49.1 Å². The maximum absolute atomic E-state index is 13.2. The first-order valence-corrected chi connectivity index (χ1v) is 9.59. The van der Waals surface area contributed by atoms with Gasteiger partial charge in [0, 0.05) is 11.4 Å². The van der Waals surface area contributed by atoms with E-state index in [0.717, 1.165) is 22.6 Å². The SMILES string of the molecule is CC[C@H](C)c1ccccc1NC(=O)[C@@H](C)[NH+](C)CC(=O)Nc1cccc(F)c1. The van der Waals surface area contributed by atoms with Gasteiger partial charge in [0.05, 0.1) is 7.05 Å². The summed E-state index contributed by atoms with van der Waals surface area (Å²) in [6.07, 6.45) is 0.980. The third-order valence-electron chi connectivity index (χ3n) is 5.04. The van der Waals surface area contributed by atoms with Crippen molar-refractivity contribution in [3.05, 3.63) is 59.9 Å². The summed E-state index contributed by atoms with van der Waals surface area (Å²) in [5.74, 6) is -0.491. The van der Waals surface area contributed by atoms with Gasteiger partial charge in [0.25, 0.3) is 11.8 Å². The Balaban J connectivity index is 1.96. The highest BCUT2D eigenvalue weighted by Crippen LogP contribution is 2.26. The topological polar surface area (TPSA) is 62.6 Å². The molecule has 150 valence electrons. The van der Waals surface area contributed by atoms with Gasteiger partial charge in [0.2, 0.25) is 0 Å². The lowest BCUT2D eigenvalue weighted by Crippen LogP contribution is -3.14. The molecule has 0 heterocycles. The third-order valence-corrected chi connectivity index (χ3v) is 5.04. The Morgan fingerprint density at radius 3 is 2.46 bits per heavy atom. The van der Waals surface area contributed by atoms with E-state index in [0.29, 0.717) is 11.6 Å². The van der Waals surface area contributed by atoms with E-state index in [-0.39, 0.29) is 18.4 Å². The number of hydrogen-bond acceptors (Lipinski definition) is 2. The number of quaternary nitrogens is 1. The largest absolute Gasteiger partial charge is 0.321 e. The maximum atomic E-state index is 13.2. The van der Waals surface area contributed by atoms with Crippen LogP contribution in [0.1, 0.15) is 38.7 Å². The van der Waals surface area contributed by atoms with Crippen LogP contribution in [-0.2, 0) is 9.59 Å². The first-order valence-electron chi connectivity index (χ1n) is 9.59. The summed E-state index contributed by atoms with van der Waals surface area (Å²) in [6, 6.07) is 13.1. The van der Waals surface area contributed by atoms with E-state index < -0.39 is 11.9 Å². The molecule has 6 heteroatoms. The molecular formula is C22H29FN3O2+. The fourth-order valence-electron chi connectivity index (χ4n) is 2.90. The van der Waals surface area contributed by atoms with Crippen LogP contribution in [0.3, 0.4) is 0 Å². The molecule has 0 fully saturated rings. The fraction of sp³-hybridized carbons (Fsp3) is 0.364. The summed E-state index contributed by atoms with van der Waals surface area (Å²) < 4.78 is 13.2. The van der Waals surface area contributed by atoms with Gasteiger partial charge in [-0.25, -0.2) is 4.39 Å². The molecule has 2 aromatic carbocycles. The van der Waals surface area contributed by atoms with E-state index in [4.69, 9.17) is 0 Å². The molecule has 0 radical (unpaired) electrons. The fourth-order valence-corrected chi connectivity index (χ4v) is 2.90. The Morgan fingerprint density at radius 2 is 1.79 bits per heavy atom. The number of rotatable bonds is 8. The van der Waals surface area contributed by atoms with E-state index in [1.807, 2.05) is 24.3 Å². The number of nitrogens with one attached hydrogen (secondary N) is 3. The summed E-state index contributed by atoms with van der Waals surface area (Å²) in [4.78, 5) is 25.6. The Labute approximate surface area is 165 Å². The van der Waals surface area contributed by atoms with Crippen molar-refractivity contribution in [2.45, 2.75) is 39.2 Å². The molecule has 0 aliphatic heterocycles. The zero-order valence-corrected chi connectivity index (χ0v) is 16.9. The van der Waals surface area contributed by atoms with Crippen molar-refractivity contribution in [3.63, 3.8) is 0 Å². The molecule has 0 spiro atoms. The Morgan fingerprint density at radius 1 is 1.07 bits per heavy atom. The van der Waals surface area contributed by atoms with Gasteiger partial charge >= 0.3 is 0 Å².